The summed E-state index contributed by atoms with van der Waals surface area (Å²) in [5, 5.41) is 3.24. The minimum absolute atomic E-state index is 0.748. The lowest BCUT2D eigenvalue weighted by Gasteiger charge is -2.03. The fourth-order valence-corrected chi connectivity index (χ4v) is 0.946. The summed E-state index contributed by atoms with van der Waals surface area (Å²) in [7, 11) is 3.69. The number of nitrogens with one attached hydrogen (secondary N) is 1. The van der Waals surface area contributed by atoms with Crippen LogP contribution in [0.25, 0.3) is 0 Å². The van der Waals surface area contributed by atoms with Crippen LogP contribution in [0.5, 0.6) is 0 Å². The number of hydrogen-bond donors (Lipinski definition) is 1. The van der Waals surface area contributed by atoms with E-state index in [0.29, 0.717) is 0 Å². The molecule has 1 rings (SSSR count). The van der Waals surface area contributed by atoms with Crippen molar-refractivity contribution in [2.45, 2.75) is 6.54 Å². The molecule has 0 unspecified atom stereocenters. The lowest BCUT2D eigenvalue weighted by molar-refractivity contribution is 0.199. The van der Waals surface area contributed by atoms with E-state index >= 15 is 0 Å². The molecule has 4 nitrogen and oxygen atoms in total. The van der Waals surface area contributed by atoms with Crippen molar-refractivity contribution in [2.24, 2.45) is 7.05 Å². The smallest absolute Gasteiger partial charge is 0.0945 e. The summed E-state index contributed by atoms with van der Waals surface area (Å²) in [6, 6.07) is 0. The molecule has 0 saturated heterocycles. The van der Waals surface area contributed by atoms with E-state index in [1.807, 2.05) is 17.8 Å². The molecule has 0 fully saturated rings. The summed E-state index contributed by atoms with van der Waals surface area (Å²) in [5.74, 6) is 0. The predicted octanol–water partition coefficient (Wildman–Crippen LogP) is 0.156. The van der Waals surface area contributed by atoms with E-state index in [0.717, 1.165) is 19.7 Å². The maximum atomic E-state index is 4.91. The molecule has 0 amide bonds. The van der Waals surface area contributed by atoms with Crippen LogP contribution in [0, 0.1) is 0 Å². The standard InChI is InChI=1S/C8H15N3O/c1-11-7-10-6-8(11)5-9-3-4-12-2/h6-7,9H,3-5H2,1-2H3. The molecule has 4 heteroatoms. The molecule has 12 heavy (non-hydrogen) atoms. The van der Waals surface area contributed by atoms with Crippen LogP contribution in [-0.2, 0) is 18.3 Å². The van der Waals surface area contributed by atoms with Gasteiger partial charge in [-0.05, 0) is 0 Å². The molecule has 68 valence electrons. The van der Waals surface area contributed by atoms with Crippen molar-refractivity contribution in [2.75, 3.05) is 20.3 Å². The Morgan fingerprint density at radius 2 is 2.50 bits per heavy atom. The average Bonchev–Trinajstić information content (AvgIpc) is 2.46. The third-order valence-electron chi connectivity index (χ3n) is 1.71. The van der Waals surface area contributed by atoms with Crippen molar-refractivity contribution in [1.82, 2.24) is 14.9 Å². The van der Waals surface area contributed by atoms with E-state index in [-0.39, 0.29) is 0 Å². The van der Waals surface area contributed by atoms with Gasteiger partial charge >= 0.3 is 0 Å². The molecule has 0 saturated carbocycles. The Balaban J connectivity index is 2.20. The number of imidazole rings is 1. The zero-order chi connectivity index (χ0) is 8.81. The monoisotopic (exact) mass is 169 g/mol. The second-order valence-corrected chi connectivity index (χ2v) is 2.67. The third kappa shape index (κ3) is 2.64. The Labute approximate surface area is 72.6 Å². The topological polar surface area (TPSA) is 39.1 Å². The zero-order valence-corrected chi connectivity index (χ0v) is 7.58. The van der Waals surface area contributed by atoms with E-state index in [9.17, 15) is 0 Å². The summed E-state index contributed by atoms with van der Waals surface area (Å²) in [6.07, 6.45) is 3.66. The summed E-state index contributed by atoms with van der Waals surface area (Å²) in [6.45, 7) is 2.47. The van der Waals surface area contributed by atoms with Gasteiger partial charge in [-0.1, -0.05) is 0 Å². The maximum absolute atomic E-state index is 4.91. The lowest BCUT2D eigenvalue weighted by Crippen LogP contribution is -2.19. The van der Waals surface area contributed by atoms with E-state index in [2.05, 4.69) is 10.3 Å². The maximum Gasteiger partial charge on any atom is 0.0945 e. The van der Waals surface area contributed by atoms with Crippen molar-refractivity contribution in [3.8, 4) is 0 Å². The van der Waals surface area contributed by atoms with Crippen molar-refractivity contribution in [3.63, 3.8) is 0 Å². The van der Waals surface area contributed by atoms with Crippen LogP contribution < -0.4 is 5.32 Å². The highest BCUT2D eigenvalue weighted by molar-refractivity contribution is 4.96. The van der Waals surface area contributed by atoms with Gasteiger partial charge in [-0.15, -0.1) is 0 Å². The Morgan fingerprint density at radius 1 is 1.67 bits per heavy atom. The largest absolute Gasteiger partial charge is 0.383 e. The predicted molar refractivity (Wildman–Crippen MR) is 46.8 cm³/mol. The Kier molecular flexibility index (Phi) is 3.76. The summed E-state index contributed by atoms with van der Waals surface area (Å²) >= 11 is 0. The van der Waals surface area contributed by atoms with Gasteiger partial charge in [0, 0.05) is 33.4 Å². The number of aromatic nitrogens is 2. The third-order valence-corrected chi connectivity index (χ3v) is 1.71. The number of ether oxygens (including phenoxy) is 1. The average molecular weight is 169 g/mol. The fraction of sp³-hybridized carbons (Fsp3) is 0.625. The summed E-state index contributed by atoms with van der Waals surface area (Å²) in [4.78, 5) is 4.01. The molecule has 1 aromatic heterocycles. The Bertz CT molecular complexity index is 222. The lowest BCUT2D eigenvalue weighted by atomic mass is 10.4. The summed E-state index contributed by atoms with van der Waals surface area (Å²) < 4.78 is 6.91. The first-order chi connectivity index (χ1) is 5.84. The molecule has 1 N–H and O–H groups in total. The molecule has 1 heterocycles. The second kappa shape index (κ2) is 4.90. The van der Waals surface area contributed by atoms with Crippen LogP contribution in [0.2, 0.25) is 0 Å². The van der Waals surface area contributed by atoms with Crippen molar-refractivity contribution >= 4 is 0 Å². The van der Waals surface area contributed by atoms with Crippen LogP contribution in [-0.4, -0.2) is 29.8 Å². The molecule has 0 spiro atoms. The minimum Gasteiger partial charge on any atom is -0.383 e. The van der Waals surface area contributed by atoms with Gasteiger partial charge in [0.15, 0.2) is 0 Å². The minimum atomic E-state index is 0.748. The fourth-order valence-electron chi connectivity index (χ4n) is 0.946. The Morgan fingerprint density at radius 3 is 3.08 bits per heavy atom. The number of aryl methyl sites for hydroxylation is 1. The van der Waals surface area contributed by atoms with E-state index < -0.39 is 0 Å². The van der Waals surface area contributed by atoms with E-state index in [1.54, 1.807) is 13.4 Å². The van der Waals surface area contributed by atoms with Gasteiger partial charge in [0.25, 0.3) is 0 Å². The first kappa shape index (κ1) is 9.22. The van der Waals surface area contributed by atoms with Gasteiger partial charge in [-0.2, -0.15) is 0 Å². The van der Waals surface area contributed by atoms with Crippen LogP contribution in [0.15, 0.2) is 12.5 Å². The highest BCUT2D eigenvalue weighted by Crippen LogP contribution is 1.93. The van der Waals surface area contributed by atoms with E-state index in [4.69, 9.17) is 4.74 Å². The molecular weight excluding hydrogens is 154 g/mol. The molecule has 0 bridgehead atoms. The van der Waals surface area contributed by atoms with Crippen molar-refractivity contribution in [3.05, 3.63) is 18.2 Å². The molecular formula is C8H15N3O. The van der Waals surface area contributed by atoms with Crippen LogP contribution in [0.4, 0.5) is 0 Å². The van der Waals surface area contributed by atoms with Gasteiger partial charge in [0.2, 0.25) is 0 Å². The van der Waals surface area contributed by atoms with Crippen LogP contribution in [0.3, 0.4) is 0 Å². The molecule has 1 aromatic rings. The van der Waals surface area contributed by atoms with Crippen molar-refractivity contribution < 1.29 is 4.74 Å². The number of nitrogens with zero attached hydrogens (tertiary/aromatic N) is 2. The summed E-state index contributed by atoms with van der Waals surface area (Å²) in [5.41, 5.74) is 1.19. The SMILES string of the molecule is COCCNCc1cncn1C. The number of hydrogen-bond acceptors (Lipinski definition) is 3. The first-order valence-corrected chi connectivity index (χ1v) is 3.99. The van der Waals surface area contributed by atoms with Crippen molar-refractivity contribution in [1.29, 1.82) is 0 Å². The van der Waals surface area contributed by atoms with Gasteiger partial charge < -0.3 is 14.6 Å². The quantitative estimate of drug-likeness (QED) is 0.638. The van der Waals surface area contributed by atoms with Crippen LogP contribution in [0.1, 0.15) is 5.69 Å². The normalized spacial score (nSPS) is 10.5. The first-order valence-electron chi connectivity index (χ1n) is 3.99. The molecule has 0 radical (unpaired) electrons. The highest BCUT2D eigenvalue weighted by atomic mass is 16.5. The van der Waals surface area contributed by atoms with Gasteiger partial charge in [-0.3, -0.25) is 0 Å². The van der Waals surface area contributed by atoms with Gasteiger partial charge in [-0.25, -0.2) is 4.98 Å². The molecule has 0 aliphatic heterocycles. The Hall–Kier alpha value is -0.870. The molecule has 0 atom stereocenters. The van der Waals surface area contributed by atoms with Crippen LogP contribution >= 0.6 is 0 Å². The number of methoxy groups -OCH3 is 1. The molecule has 0 aromatic carbocycles. The van der Waals surface area contributed by atoms with E-state index in [1.165, 1.54) is 5.69 Å². The molecule has 0 aliphatic carbocycles. The highest BCUT2D eigenvalue weighted by Gasteiger charge is 1.95. The van der Waals surface area contributed by atoms with Gasteiger partial charge in [0.1, 0.15) is 0 Å². The second-order valence-electron chi connectivity index (χ2n) is 2.67. The number of rotatable bonds is 5. The molecule has 0 aliphatic rings. The zero-order valence-electron chi connectivity index (χ0n) is 7.58. The van der Waals surface area contributed by atoms with Gasteiger partial charge in [0.05, 0.1) is 18.6 Å².